The summed E-state index contributed by atoms with van der Waals surface area (Å²) >= 11 is 0. The molecule has 5 nitrogen and oxygen atoms in total. The molecule has 114 valence electrons. The van der Waals surface area contributed by atoms with Gasteiger partial charge in [-0.15, -0.1) is 0 Å². The monoisotopic (exact) mass is 309 g/mol. The maximum Gasteiger partial charge on any atom is 0.335 e. The second kappa shape index (κ2) is 6.76. The van der Waals surface area contributed by atoms with Crippen LogP contribution in [0.25, 0.3) is 0 Å². The van der Waals surface area contributed by atoms with E-state index >= 15 is 0 Å². The Morgan fingerprint density at radius 3 is 2.71 bits per heavy atom. The Labute approximate surface area is 125 Å². The summed E-state index contributed by atoms with van der Waals surface area (Å²) < 4.78 is 32.5. The number of carbonyl (C=O) groups is 1. The minimum atomic E-state index is -3.67. The lowest BCUT2D eigenvalue weighted by atomic mass is 9.99. The Morgan fingerprint density at radius 1 is 1.33 bits per heavy atom. The van der Waals surface area contributed by atoms with Crippen LogP contribution in [0.4, 0.5) is 5.69 Å². The van der Waals surface area contributed by atoms with E-state index in [1.165, 1.54) is 0 Å². The number of allylic oxidation sites excluding steroid dienone is 1. The number of sulfonamides is 1. The molecule has 0 radical (unpaired) electrons. The van der Waals surface area contributed by atoms with Crippen molar-refractivity contribution in [1.82, 2.24) is 0 Å². The van der Waals surface area contributed by atoms with Crippen LogP contribution in [0.1, 0.15) is 26.2 Å². The van der Waals surface area contributed by atoms with Gasteiger partial charge in [-0.3, -0.25) is 4.72 Å². The van der Waals surface area contributed by atoms with Crippen molar-refractivity contribution >= 4 is 21.7 Å². The van der Waals surface area contributed by atoms with E-state index in [9.17, 15) is 13.2 Å². The highest BCUT2D eigenvalue weighted by atomic mass is 32.2. The minimum Gasteiger partial charge on any atom is -0.463 e. The Kier molecular flexibility index (Phi) is 5.01. The quantitative estimate of drug-likeness (QED) is 0.848. The lowest BCUT2D eigenvalue weighted by Crippen LogP contribution is -2.34. The molecule has 21 heavy (non-hydrogen) atoms. The van der Waals surface area contributed by atoms with Crippen LogP contribution in [0.3, 0.4) is 0 Å². The van der Waals surface area contributed by atoms with E-state index in [4.69, 9.17) is 4.74 Å². The van der Waals surface area contributed by atoms with Crippen LogP contribution in [0, 0.1) is 0 Å². The minimum absolute atomic E-state index is 0.231. The number of nitrogens with one attached hydrogen (secondary N) is 1. The van der Waals surface area contributed by atoms with E-state index in [0.29, 0.717) is 18.5 Å². The maximum absolute atomic E-state index is 12.5. The first-order valence-electron chi connectivity index (χ1n) is 6.98. The fourth-order valence-electron chi connectivity index (χ4n) is 2.34. The largest absolute Gasteiger partial charge is 0.463 e. The number of carbonyl (C=O) groups excluding carboxylic acids is 1. The molecule has 6 heteroatoms. The number of para-hydroxylation sites is 1. The molecule has 1 aliphatic rings. The second-order valence-electron chi connectivity index (χ2n) is 4.81. The predicted octanol–water partition coefficient (Wildman–Crippen LogP) is 2.47. The SMILES string of the molecule is CCOC(=O)C1=CCCCC1S(=O)(=O)Nc1ccccc1. The summed E-state index contributed by atoms with van der Waals surface area (Å²) in [6.07, 6.45) is 3.54. The van der Waals surface area contributed by atoms with Gasteiger partial charge in [0.25, 0.3) is 0 Å². The molecule has 0 heterocycles. The molecule has 0 saturated carbocycles. The van der Waals surface area contributed by atoms with Crippen LogP contribution in [0.2, 0.25) is 0 Å². The predicted molar refractivity (Wildman–Crippen MR) is 81.3 cm³/mol. The number of anilines is 1. The van der Waals surface area contributed by atoms with E-state index in [-0.39, 0.29) is 12.2 Å². The number of hydrogen-bond acceptors (Lipinski definition) is 4. The molecule has 0 bridgehead atoms. The van der Waals surface area contributed by atoms with Crippen molar-refractivity contribution < 1.29 is 17.9 Å². The third kappa shape index (κ3) is 3.85. The van der Waals surface area contributed by atoms with Gasteiger partial charge in [0.1, 0.15) is 5.25 Å². The average Bonchev–Trinajstić information content (AvgIpc) is 2.48. The van der Waals surface area contributed by atoms with Crippen LogP contribution in [0.5, 0.6) is 0 Å². The van der Waals surface area contributed by atoms with Crippen molar-refractivity contribution in [3.05, 3.63) is 42.0 Å². The van der Waals surface area contributed by atoms with Gasteiger partial charge in [-0.1, -0.05) is 24.3 Å². The lowest BCUT2D eigenvalue weighted by Gasteiger charge is -2.23. The first-order valence-corrected chi connectivity index (χ1v) is 8.53. The number of rotatable bonds is 5. The summed E-state index contributed by atoms with van der Waals surface area (Å²) in [5, 5.41) is -0.856. The molecular formula is C15H19NO4S. The van der Waals surface area contributed by atoms with Gasteiger partial charge in [0, 0.05) is 5.69 Å². The molecule has 0 fully saturated rings. The van der Waals surface area contributed by atoms with Crippen molar-refractivity contribution in [2.24, 2.45) is 0 Å². The van der Waals surface area contributed by atoms with Crippen LogP contribution >= 0.6 is 0 Å². The van der Waals surface area contributed by atoms with E-state index in [0.717, 1.165) is 6.42 Å². The molecule has 1 aliphatic carbocycles. The first-order chi connectivity index (χ1) is 10.0. The molecule has 2 rings (SSSR count). The third-order valence-electron chi connectivity index (χ3n) is 3.30. The molecule has 0 spiro atoms. The van der Waals surface area contributed by atoms with E-state index in [2.05, 4.69) is 4.72 Å². The topological polar surface area (TPSA) is 72.5 Å². The Morgan fingerprint density at radius 2 is 2.05 bits per heavy atom. The van der Waals surface area contributed by atoms with Gasteiger partial charge in [-0.25, -0.2) is 13.2 Å². The number of hydrogen-bond donors (Lipinski definition) is 1. The molecule has 0 aliphatic heterocycles. The van der Waals surface area contributed by atoms with Gasteiger partial charge in [0.05, 0.1) is 12.2 Å². The van der Waals surface area contributed by atoms with Crippen molar-refractivity contribution in [2.75, 3.05) is 11.3 Å². The molecule has 0 aromatic heterocycles. The van der Waals surface area contributed by atoms with Gasteiger partial charge in [0.15, 0.2) is 0 Å². The van der Waals surface area contributed by atoms with E-state index < -0.39 is 21.2 Å². The second-order valence-corrected chi connectivity index (χ2v) is 6.68. The van der Waals surface area contributed by atoms with Gasteiger partial charge < -0.3 is 4.74 Å². The van der Waals surface area contributed by atoms with Crippen molar-refractivity contribution in [3.63, 3.8) is 0 Å². The van der Waals surface area contributed by atoms with Crippen molar-refractivity contribution in [1.29, 1.82) is 0 Å². The standard InChI is InChI=1S/C15H19NO4S/c1-2-20-15(17)13-10-6-7-11-14(13)21(18,19)16-12-8-4-3-5-9-12/h3-5,8-10,14,16H,2,6-7,11H2,1H3. The van der Waals surface area contributed by atoms with Gasteiger partial charge in [-0.05, 0) is 38.3 Å². The first kappa shape index (κ1) is 15.6. The highest BCUT2D eigenvalue weighted by Crippen LogP contribution is 2.27. The molecule has 1 atom stereocenters. The summed E-state index contributed by atoms with van der Waals surface area (Å²) in [6, 6.07) is 8.66. The van der Waals surface area contributed by atoms with E-state index in [1.54, 1.807) is 37.3 Å². The molecular weight excluding hydrogens is 290 g/mol. The van der Waals surface area contributed by atoms with Crippen LogP contribution in [-0.2, 0) is 19.6 Å². The fraction of sp³-hybridized carbons (Fsp3) is 0.400. The zero-order valence-corrected chi connectivity index (χ0v) is 12.7. The Bertz CT molecular complexity index is 622. The van der Waals surface area contributed by atoms with Gasteiger partial charge in [0.2, 0.25) is 10.0 Å². The van der Waals surface area contributed by atoms with Crippen LogP contribution in [0.15, 0.2) is 42.0 Å². The molecule has 1 unspecified atom stereocenters. The highest BCUT2D eigenvalue weighted by Gasteiger charge is 2.35. The third-order valence-corrected chi connectivity index (χ3v) is 5.06. The van der Waals surface area contributed by atoms with Crippen molar-refractivity contribution in [2.45, 2.75) is 31.4 Å². The van der Waals surface area contributed by atoms with Crippen LogP contribution in [-0.4, -0.2) is 26.2 Å². The summed E-state index contributed by atoms with van der Waals surface area (Å²) in [6.45, 7) is 1.93. The fourth-order valence-corrected chi connectivity index (χ4v) is 3.95. The molecule has 1 aromatic carbocycles. The van der Waals surface area contributed by atoms with Gasteiger partial charge >= 0.3 is 5.97 Å². The van der Waals surface area contributed by atoms with E-state index in [1.807, 2.05) is 6.07 Å². The number of benzene rings is 1. The summed E-state index contributed by atoms with van der Waals surface area (Å²) in [7, 11) is -3.67. The Balaban J connectivity index is 2.23. The average molecular weight is 309 g/mol. The van der Waals surface area contributed by atoms with Gasteiger partial charge in [-0.2, -0.15) is 0 Å². The highest BCUT2D eigenvalue weighted by molar-refractivity contribution is 7.93. The summed E-state index contributed by atoms with van der Waals surface area (Å²) in [5.41, 5.74) is 0.734. The summed E-state index contributed by atoms with van der Waals surface area (Å²) in [4.78, 5) is 11.9. The molecule has 0 saturated heterocycles. The van der Waals surface area contributed by atoms with Crippen molar-refractivity contribution in [3.8, 4) is 0 Å². The number of ether oxygens (including phenoxy) is 1. The zero-order valence-electron chi connectivity index (χ0n) is 11.9. The number of esters is 1. The summed E-state index contributed by atoms with van der Waals surface area (Å²) in [5.74, 6) is -0.541. The zero-order chi connectivity index (χ0) is 15.3. The van der Waals surface area contributed by atoms with Crippen LogP contribution < -0.4 is 4.72 Å². The normalized spacial score (nSPS) is 18.7. The smallest absolute Gasteiger partial charge is 0.335 e. The lowest BCUT2D eigenvalue weighted by molar-refractivity contribution is -0.138. The molecule has 1 N–H and O–H groups in total. The molecule has 1 aromatic rings. The Hall–Kier alpha value is -1.82. The maximum atomic E-state index is 12.5. The molecule has 0 amide bonds.